The van der Waals surface area contributed by atoms with Crippen LogP contribution in [-0.4, -0.2) is 0 Å². The normalized spacial score (nSPS) is 22.1. The fourth-order valence-electron chi connectivity index (χ4n) is 1.43. The van der Waals surface area contributed by atoms with Gasteiger partial charge in [-0.3, -0.25) is 0 Å². The van der Waals surface area contributed by atoms with E-state index in [1.165, 1.54) is 15.4 Å². The second kappa shape index (κ2) is 6.02. The highest BCUT2D eigenvalue weighted by molar-refractivity contribution is 8.06. The van der Waals surface area contributed by atoms with Crippen LogP contribution in [0.2, 0.25) is 0 Å². The van der Waals surface area contributed by atoms with Crippen LogP contribution in [0.4, 0.5) is 0 Å². The van der Waals surface area contributed by atoms with Crippen LogP contribution in [0.25, 0.3) is 0 Å². The van der Waals surface area contributed by atoms with Gasteiger partial charge in [-0.2, -0.15) is 0 Å². The smallest absolute Gasteiger partial charge is 0.0145 e. The van der Waals surface area contributed by atoms with Crippen LogP contribution in [0.1, 0.15) is 34.1 Å². The van der Waals surface area contributed by atoms with E-state index < -0.39 is 0 Å². The van der Waals surface area contributed by atoms with Crippen LogP contribution in [0.5, 0.6) is 0 Å². The van der Waals surface area contributed by atoms with E-state index in [0.29, 0.717) is 5.92 Å². The number of hydrogen-bond donors (Lipinski definition) is 0. The van der Waals surface area contributed by atoms with Crippen molar-refractivity contribution in [2.75, 3.05) is 0 Å². The monoisotopic (exact) mass is 220 g/mol. The SMILES string of the molecule is CC/C=C(\C)SC1=C(C)C=CC(C)C=C1. The summed E-state index contributed by atoms with van der Waals surface area (Å²) in [4.78, 5) is 2.76. The Morgan fingerprint density at radius 3 is 2.73 bits per heavy atom. The molecule has 0 aromatic heterocycles. The molecule has 0 saturated heterocycles. The summed E-state index contributed by atoms with van der Waals surface area (Å²) >= 11 is 1.87. The first-order valence-electron chi connectivity index (χ1n) is 5.55. The predicted octanol–water partition coefficient (Wildman–Crippen LogP) is 5.07. The van der Waals surface area contributed by atoms with Gasteiger partial charge in [0.15, 0.2) is 0 Å². The Kier molecular flexibility index (Phi) is 4.97. The molecule has 0 aromatic rings. The molecule has 0 nitrogen and oxygen atoms in total. The van der Waals surface area contributed by atoms with Crippen molar-refractivity contribution in [3.8, 4) is 0 Å². The van der Waals surface area contributed by atoms with Gasteiger partial charge in [0.2, 0.25) is 0 Å². The highest BCUT2D eigenvalue weighted by Gasteiger charge is 2.03. The first-order valence-corrected chi connectivity index (χ1v) is 6.37. The number of allylic oxidation sites excluding steroid dienone is 7. The third-order valence-corrected chi connectivity index (χ3v) is 3.52. The number of thioether (sulfide) groups is 1. The zero-order valence-electron chi connectivity index (χ0n) is 10.1. The van der Waals surface area contributed by atoms with Crippen molar-refractivity contribution >= 4 is 11.8 Å². The molecule has 1 aliphatic rings. The van der Waals surface area contributed by atoms with E-state index in [-0.39, 0.29) is 0 Å². The summed E-state index contributed by atoms with van der Waals surface area (Å²) in [7, 11) is 0. The van der Waals surface area contributed by atoms with E-state index in [2.05, 4.69) is 58.1 Å². The maximum absolute atomic E-state index is 2.27. The molecule has 15 heavy (non-hydrogen) atoms. The summed E-state index contributed by atoms with van der Waals surface area (Å²) in [5.41, 5.74) is 1.37. The van der Waals surface area contributed by atoms with Crippen LogP contribution in [0.15, 0.2) is 45.8 Å². The first-order chi connectivity index (χ1) is 7.13. The van der Waals surface area contributed by atoms with E-state index in [1.54, 1.807) is 0 Å². The topological polar surface area (TPSA) is 0 Å². The molecule has 1 aliphatic carbocycles. The highest BCUT2D eigenvalue weighted by atomic mass is 32.2. The zero-order valence-corrected chi connectivity index (χ0v) is 10.9. The Bertz CT molecular complexity index is 329. The van der Waals surface area contributed by atoms with Crippen molar-refractivity contribution in [2.24, 2.45) is 5.92 Å². The van der Waals surface area contributed by atoms with Gasteiger partial charge in [-0.05, 0) is 36.7 Å². The van der Waals surface area contributed by atoms with Crippen LogP contribution in [0, 0.1) is 5.92 Å². The third kappa shape index (κ3) is 4.13. The number of rotatable bonds is 3. The highest BCUT2D eigenvalue weighted by Crippen LogP contribution is 2.31. The van der Waals surface area contributed by atoms with Gasteiger partial charge >= 0.3 is 0 Å². The summed E-state index contributed by atoms with van der Waals surface area (Å²) < 4.78 is 0. The molecule has 0 aliphatic heterocycles. The quantitative estimate of drug-likeness (QED) is 0.640. The molecule has 0 heterocycles. The maximum atomic E-state index is 2.27. The third-order valence-electron chi connectivity index (χ3n) is 2.35. The maximum Gasteiger partial charge on any atom is 0.0145 e. The molecule has 82 valence electrons. The minimum absolute atomic E-state index is 0.550. The minimum Gasteiger partial charge on any atom is -0.0949 e. The molecule has 0 spiro atoms. The lowest BCUT2D eigenvalue weighted by Crippen LogP contribution is -1.78. The molecular weight excluding hydrogens is 200 g/mol. The van der Waals surface area contributed by atoms with Gasteiger partial charge in [0.1, 0.15) is 0 Å². The zero-order chi connectivity index (χ0) is 11.3. The van der Waals surface area contributed by atoms with Crippen molar-refractivity contribution < 1.29 is 0 Å². The van der Waals surface area contributed by atoms with Gasteiger partial charge in [-0.25, -0.2) is 0 Å². The molecule has 0 saturated carbocycles. The molecule has 0 amide bonds. The van der Waals surface area contributed by atoms with Gasteiger partial charge in [-0.15, -0.1) is 0 Å². The average molecular weight is 220 g/mol. The summed E-state index contributed by atoms with van der Waals surface area (Å²) in [6.45, 7) is 8.75. The lowest BCUT2D eigenvalue weighted by molar-refractivity contribution is 0.942. The lowest BCUT2D eigenvalue weighted by atomic mass is 10.1. The van der Waals surface area contributed by atoms with E-state index in [9.17, 15) is 0 Å². The molecule has 1 unspecified atom stereocenters. The second-order valence-electron chi connectivity index (χ2n) is 3.95. The van der Waals surface area contributed by atoms with E-state index >= 15 is 0 Å². The van der Waals surface area contributed by atoms with E-state index in [4.69, 9.17) is 0 Å². The summed E-state index contributed by atoms with van der Waals surface area (Å²) in [6, 6.07) is 0. The molecule has 1 atom stereocenters. The molecule has 0 bridgehead atoms. The van der Waals surface area contributed by atoms with Crippen LogP contribution >= 0.6 is 11.8 Å². The Morgan fingerprint density at radius 1 is 1.40 bits per heavy atom. The average Bonchev–Trinajstić information content (AvgIpc) is 2.33. The first kappa shape index (κ1) is 12.4. The fraction of sp³-hybridized carbons (Fsp3) is 0.429. The molecule has 0 fully saturated rings. The summed E-state index contributed by atoms with van der Waals surface area (Å²) in [5.74, 6) is 0.550. The van der Waals surface area contributed by atoms with Crippen LogP contribution in [0.3, 0.4) is 0 Å². The van der Waals surface area contributed by atoms with E-state index in [0.717, 1.165) is 6.42 Å². The van der Waals surface area contributed by atoms with Crippen LogP contribution < -0.4 is 0 Å². The van der Waals surface area contributed by atoms with Crippen molar-refractivity contribution in [3.63, 3.8) is 0 Å². The minimum atomic E-state index is 0.550. The molecule has 1 heteroatoms. The lowest BCUT2D eigenvalue weighted by Gasteiger charge is -2.04. The Labute approximate surface area is 97.8 Å². The standard InChI is InChI=1S/C14H20S/c1-5-6-13(4)15-14-10-8-11(2)7-9-12(14)3/h6-11H,5H2,1-4H3/b13-6+. The van der Waals surface area contributed by atoms with Crippen molar-refractivity contribution in [3.05, 3.63) is 45.8 Å². The van der Waals surface area contributed by atoms with Crippen LogP contribution in [-0.2, 0) is 0 Å². The van der Waals surface area contributed by atoms with Gasteiger partial charge in [0, 0.05) is 4.91 Å². The van der Waals surface area contributed by atoms with Gasteiger partial charge in [-0.1, -0.05) is 56.0 Å². The molecule has 0 aromatic carbocycles. The molecule has 1 rings (SSSR count). The largest absolute Gasteiger partial charge is 0.0949 e. The predicted molar refractivity (Wildman–Crippen MR) is 71.8 cm³/mol. The van der Waals surface area contributed by atoms with Crippen molar-refractivity contribution in [1.82, 2.24) is 0 Å². The van der Waals surface area contributed by atoms with Gasteiger partial charge in [0.25, 0.3) is 0 Å². The summed E-state index contributed by atoms with van der Waals surface area (Å²) in [5, 5.41) is 0. The van der Waals surface area contributed by atoms with E-state index in [1.807, 2.05) is 11.8 Å². The second-order valence-corrected chi connectivity index (χ2v) is 5.24. The Hall–Kier alpha value is -0.690. The Morgan fingerprint density at radius 2 is 2.07 bits per heavy atom. The molecular formula is C14H20S. The van der Waals surface area contributed by atoms with Gasteiger partial charge < -0.3 is 0 Å². The molecule has 0 radical (unpaired) electrons. The Balaban J connectivity index is 2.80. The van der Waals surface area contributed by atoms with Crippen molar-refractivity contribution in [1.29, 1.82) is 0 Å². The van der Waals surface area contributed by atoms with Gasteiger partial charge in [0.05, 0.1) is 0 Å². The molecule has 0 N–H and O–H groups in total. The summed E-state index contributed by atoms with van der Waals surface area (Å²) in [6.07, 6.45) is 12.4. The number of hydrogen-bond acceptors (Lipinski definition) is 1. The fourth-order valence-corrected chi connectivity index (χ4v) is 2.40. The van der Waals surface area contributed by atoms with Crippen molar-refractivity contribution in [2.45, 2.75) is 34.1 Å².